The molecule has 0 aliphatic heterocycles. The number of anilines is 1. The van der Waals surface area contributed by atoms with Crippen LogP contribution in [-0.4, -0.2) is 21.0 Å². The lowest BCUT2D eigenvalue weighted by molar-refractivity contribution is 0.0691. The lowest BCUT2D eigenvalue weighted by atomic mass is 10.1. The van der Waals surface area contributed by atoms with Crippen LogP contribution >= 0.6 is 23.2 Å². The summed E-state index contributed by atoms with van der Waals surface area (Å²) >= 11 is 12.0. The highest BCUT2D eigenvalue weighted by atomic mass is 35.5. The number of benzene rings is 1. The number of nitrogens with one attached hydrogen (secondary N) is 1. The highest BCUT2D eigenvalue weighted by molar-refractivity contribution is 6.35. The first-order valence-electron chi connectivity index (χ1n) is 5.75. The van der Waals surface area contributed by atoms with E-state index in [-0.39, 0.29) is 17.6 Å². The second-order valence-electron chi connectivity index (χ2n) is 4.09. The minimum absolute atomic E-state index is 0.135. The highest BCUT2D eigenvalue weighted by Crippen LogP contribution is 2.28. The van der Waals surface area contributed by atoms with Gasteiger partial charge in [-0.05, 0) is 24.6 Å². The quantitative estimate of drug-likeness (QED) is 0.901. The summed E-state index contributed by atoms with van der Waals surface area (Å²) in [5.74, 6) is -0.950. The first-order chi connectivity index (χ1) is 9.49. The SMILES string of the molecule is CC(Nc1nccnc1C(=O)O)c1ccc(Cl)cc1Cl. The molecule has 2 N–H and O–H groups in total. The van der Waals surface area contributed by atoms with Crippen LogP contribution in [-0.2, 0) is 0 Å². The van der Waals surface area contributed by atoms with Crippen molar-refractivity contribution in [1.82, 2.24) is 9.97 Å². The molecule has 104 valence electrons. The summed E-state index contributed by atoms with van der Waals surface area (Å²) in [5, 5.41) is 13.1. The molecule has 0 aliphatic rings. The fraction of sp³-hybridized carbons (Fsp3) is 0.154. The summed E-state index contributed by atoms with van der Waals surface area (Å²) in [7, 11) is 0. The van der Waals surface area contributed by atoms with Crippen molar-refractivity contribution in [2.75, 3.05) is 5.32 Å². The van der Waals surface area contributed by atoms with Gasteiger partial charge in [-0.3, -0.25) is 0 Å². The van der Waals surface area contributed by atoms with Crippen molar-refractivity contribution in [3.8, 4) is 0 Å². The predicted molar refractivity (Wildman–Crippen MR) is 77.5 cm³/mol. The van der Waals surface area contributed by atoms with Crippen molar-refractivity contribution in [3.63, 3.8) is 0 Å². The van der Waals surface area contributed by atoms with Gasteiger partial charge in [-0.1, -0.05) is 29.3 Å². The molecule has 2 aromatic rings. The van der Waals surface area contributed by atoms with Gasteiger partial charge in [-0.25, -0.2) is 14.8 Å². The molecule has 0 saturated carbocycles. The van der Waals surface area contributed by atoms with E-state index in [1.54, 1.807) is 18.2 Å². The minimum Gasteiger partial charge on any atom is -0.476 e. The molecule has 0 saturated heterocycles. The number of rotatable bonds is 4. The number of hydrogen-bond acceptors (Lipinski definition) is 4. The molecule has 0 spiro atoms. The van der Waals surface area contributed by atoms with Crippen LogP contribution < -0.4 is 5.32 Å². The molecule has 0 fully saturated rings. The zero-order valence-corrected chi connectivity index (χ0v) is 12.0. The van der Waals surface area contributed by atoms with Gasteiger partial charge in [0.1, 0.15) is 0 Å². The second-order valence-corrected chi connectivity index (χ2v) is 4.93. The Labute approximate surface area is 125 Å². The van der Waals surface area contributed by atoms with Crippen molar-refractivity contribution >= 4 is 35.0 Å². The van der Waals surface area contributed by atoms with Crippen LogP contribution in [0.15, 0.2) is 30.6 Å². The summed E-state index contributed by atoms with van der Waals surface area (Å²) < 4.78 is 0. The zero-order valence-electron chi connectivity index (χ0n) is 10.5. The van der Waals surface area contributed by atoms with Gasteiger partial charge in [0.15, 0.2) is 11.5 Å². The van der Waals surface area contributed by atoms with E-state index in [1.165, 1.54) is 12.4 Å². The van der Waals surface area contributed by atoms with Crippen molar-refractivity contribution in [2.24, 2.45) is 0 Å². The Bertz CT molecular complexity index is 649. The number of nitrogens with zero attached hydrogens (tertiary/aromatic N) is 2. The number of halogens is 2. The molecule has 1 aromatic carbocycles. The maximum absolute atomic E-state index is 11.1. The predicted octanol–water partition coefficient (Wildman–Crippen LogP) is 3.65. The molecule has 1 aromatic heterocycles. The molecule has 20 heavy (non-hydrogen) atoms. The Balaban J connectivity index is 2.28. The van der Waals surface area contributed by atoms with E-state index in [1.807, 2.05) is 6.92 Å². The number of aromatic nitrogens is 2. The van der Waals surface area contributed by atoms with Gasteiger partial charge in [-0.2, -0.15) is 0 Å². The average Bonchev–Trinajstić information content (AvgIpc) is 2.38. The summed E-state index contributed by atoms with van der Waals surface area (Å²) in [6.45, 7) is 1.84. The first kappa shape index (κ1) is 14.6. The van der Waals surface area contributed by atoms with Crippen LogP contribution in [0, 0.1) is 0 Å². The van der Waals surface area contributed by atoms with Gasteiger partial charge in [0.2, 0.25) is 0 Å². The van der Waals surface area contributed by atoms with E-state index in [0.717, 1.165) is 5.56 Å². The molecule has 0 bridgehead atoms. The van der Waals surface area contributed by atoms with Crippen LogP contribution in [0.4, 0.5) is 5.82 Å². The largest absolute Gasteiger partial charge is 0.476 e. The normalized spacial score (nSPS) is 11.9. The standard InChI is InChI=1S/C13H11Cl2N3O2/c1-7(9-3-2-8(14)6-10(9)15)18-12-11(13(19)20)16-4-5-17-12/h2-7H,1H3,(H,17,18)(H,19,20). The van der Waals surface area contributed by atoms with E-state index >= 15 is 0 Å². The number of carboxylic acids is 1. The third-order valence-corrected chi connectivity index (χ3v) is 3.25. The second kappa shape index (κ2) is 6.07. The van der Waals surface area contributed by atoms with Crippen LogP contribution in [0.5, 0.6) is 0 Å². The van der Waals surface area contributed by atoms with E-state index in [2.05, 4.69) is 15.3 Å². The molecule has 1 heterocycles. The number of hydrogen-bond donors (Lipinski definition) is 2. The Morgan fingerprint density at radius 2 is 2.00 bits per heavy atom. The van der Waals surface area contributed by atoms with E-state index < -0.39 is 5.97 Å². The number of aromatic carboxylic acids is 1. The van der Waals surface area contributed by atoms with E-state index in [4.69, 9.17) is 28.3 Å². The molecule has 0 amide bonds. The number of carboxylic acid groups (broad SMARTS) is 1. The Kier molecular flexibility index (Phi) is 4.42. The maximum atomic E-state index is 11.1. The van der Waals surface area contributed by atoms with E-state index in [0.29, 0.717) is 10.0 Å². The topological polar surface area (TPSA) is 75.1 Å². The van der Waals surface area contributed by atoms with Crippen LogP contribution in [0.25, 0.3) is 0 Å². The molecule has 7 heteroatoms. The monoisotopic (exact) mass is 311 g/mol. The lowest BCUT2D eigenvalue weighted by Crippen LogP contribution is -2.13. The Hall–Kier alpha value is -1.85. The smallest absolute Gasteiger partial charge is 0.358 e. The van der Waals surface area contributed by atoms with Crippen LogP contribution in [0.3, 0.4) is 0 Å². The minimum atomic E-state index is -1.14. The number of carbonyl (C=O) groups is 1. The molecule has 0 aliphatic carbocycles. The zero-order chi connectivity index (χ0) is 14.7. The Morgan fingerprint density at radius 3 is 2.65 bits per heavy atom. The van der Waals surface area contributed by atoms with Gasteiger partial charge in [0.25, 0.3) is 0 Å². The maximum Gasteiger partial charge on any atom is 0.358 e. The third-order valence-electron chi connectivity index (χ3n) is 2.68. The third kappa shape index (κ3) is 3.18. The van der Waals surface area contributed by atoms with Gasteiger partial charge in [-0.15, -0.1) is 0 Å². The molecular weight excluding hydrogens is 301 g/mol. The van der Waals surface area contributed by atoms with Gasteiger partial charge in [0, 0.05) is 22.4 Å². The van der Waals surface area contributed by atoms with Crippen molar-refractivity contribution < 1.29 is 9.90 Å². The average molecular weight is 312 g/mol. The van der Waals surface area contributed by atoms with Crippen molar-refractivity contribution in [1.29, 1.82) is 0 Å². The molecular formula is C13H11Cl2N3O2. The first-order valence-corrected chi connectivity index (χ1v) is 6.50. The summed E-state index contributed by atoms with van der Waals surface area (Å²) in [5.41, 5.74) is 0.655. The van der Waals surface area contributed by atoms with Crippen molar-refractivity contribution in [2.45, 2.75) is 13.0 Å². The summed E-state index contributed by atoms with van der Waals surface area (Å²) in [6, 6.07) is 4.88. The van der Waals surface area contributed by atoms with E-state index in [9.17, 15) is 4.79 Å². The molecule has 2 rings (SSSR count). The van der Waals surface area contributed by atoms with Crippen LogP contribution in [0.1, 0.15) is 29.0 Å². The fourth-order valence-electron chi connectivity index (χ4n) is 1.74. The summed E-state index contributed by atoms with van der Waals surface area (Å²) in [6.07, 6.45) is 2.75. The highest BCUT2D eigenvalue weighted by Gasteiger charge is 2.16. The Morgan fingerprint density at radius 1 is 1.30 bits per heavy atom. The lowest BCUT2D eigenvalue weighted by Gasteiger charge is -2.17. The molecule has 1 atom stereocenters. The molecule has 0 radical (unpaired) electrons. The van der Waals surface area contributed by atoms with Gasteiger partial charge >= 0.3 is 5.97 Å². The summed E-state index contributed by atoms with van der Waals surface area (Å²) in [4.78, 5) is 18.8. The molecule has 5 nitrogen and oxygen atoms in total. The van der Waals surface area contributed by atoms with Gasteiger partial charge in [0.05, 0.1) is 6.04 Å². The van der Waals surface area contributed by atoms with Gasteiger partial charge < -0.3 is 10.4 Å². The molecule has 1 unspecified atom stereocenters. The fourth-order valence-corrected chi connectivity index (χ4v) is 2.31. The van der Waals surface area contributed by atoms with Crippen LogP contribution in [0.2, 0.25) is 10.0 Å². The van der Waals surface area contributed by atoms with Crippen molar-refractivity contribution in [3.05, 3.63) is 51.9 Å².